The Kier molecular flexibility index (Phi) is 34.6. The Morgan fingerprint density at radius 3 is 1.38 bits per heavy atom. The van der Waals surface area contributed by atoms with E-state index >= 15 is 0 Å². The SMILES string of the molecule is CCCCCC=CCCOC(=O)CCCCCCCP(CCCCCCCC(=O)OCCC=CCCCCC)C(=O)CCCN(C)C. The molecule has 0 fully saturated rings. The van der Waals surface area contributed by atoms with Crippen LogP contribution in [-0.2, 0) is 23.9 Å². The first-order chi connectivity index (χ1) is 22.9. The Hall–Kier alpha value is -1.52. The molecule has 0 radical (unpaired) electrons. The minimum atomic E-state index is -0.569. The molecule has 0 aliphatic carbocycles. The molecule has 0 aliphatic rings. The van der Waals surface area contributed by atoms with E-state index in [0.29, 0.717) is 38.0 Å². The molecule has 0 saturated heterocycles. The second kappa shape index (κ2) is 35.8. The van der Waals surface area contributed by atoms with Crippen molar-refractivity contribution in [3.05, 3.63) is 24.3 Å². The molecule has 0 rings (SSSR count). The minimum absolute atomic E-state index is 0.0763. The van der Waals surface area contributed by atoms with Crippen LogP contribution in [0.1, 0.15) is 168 Å². The third-order valence-electron chi connectivity index (χ3n) is 8.34. The predicted octanol–water partition coefficient (Wildman–Crippen LogP) is 11.2. The summed E-state index contributed by atoms with van der Waals surface area (Å²) in [7, 11) is 3.56. The fourth-order valence-electron chi connectivity index (χ4n) is 5.39. The van der Waals surface area contributed by atoms with E-state index in [0.717, 1.165) is 115 Å². The molecule has 0 unspecified atom stereocenters. The molecule has 47 heavy (non-hydrogen) atoms. The van der Waals surface area contributed by atoms with Crippen molar-refractivity contribution in [3.63, 3.8) is 0 Å². The Bertz CT molecular complexity index is 745. The summed E-state index contributed by atoms with van der Waals surface area (Å²) in [6.07, 6.45) is 35.4. The highest BCUT2D eigenvalue weighted by Gasteiger charge is 2.17. The second-order valence-electron chi connectivity index (χ2n) is 13.3. The topological polar surface area (TPSA) is 72.9 Å². The number of esters is 2. The first kappa shape index (κ1) is 45.5. The molecule has 0 aliphatic heterocycles. The first-order valence-corrected chi connectivity index (χ1v) is 21.2. The zero-order chi connectivity index (χ0) is 34.6. The lowest BCUT2D eigenvalue weighted by molar-refractivity contribution is -0.144. The van der Waals surface area contributed by atoms with Crippen LogP contribution in [0.3, 0.4) is 0 Å². The van der Waals surface area contributed by atoms with Crippen molar-refractivity contribution in [2.45, 2.75) is 168 Å². The molecule has 0 heterocycles. The summed E-state index contributed by atoms with van der Waals surface area (Å²) in [4.78, 5) is 39.2. The number of hydrogen-bond acceptors (Lipinski definition) is 6. The molecular formula is C40H74NO5P. The van der Waals surface area contributed by atoms with Crippen LogP contribution in [-0.4, -0.2) is 68.5 Å². The van der Waals surface area contributed by atoms with Gasteiger partial charge in [0, 0.05) is 19.3 Å². The van der Waals surface area contributed by atoms with Crippen LogP contribution in [0.2, 0.25) is 0 Å². The predicted molar refractivity (Wildman–Crippen MR) is 203 cm³/mol. The maximum atomic E-state index is 13.1. The van der Waals surface area contributed by atoms with E-state index in [9.17, 15) is 14.4 Å². The maximum absolute atomic E-state index is 13.1. The molecule has 0 amide bonds. The van der Waals surface area contributed by atoms with Crippen molar-refractivity contribution in [3.8, 4) is 0 Å². The highest BCUT2D eigenvalue weighted by molar-refractivity contribution is 7.74. The van der Waals surface area contributed by atoms with E-state index < -0.39 is 7.92 Å². The number of rotatable bonds is 35. The summed E-state index contributed by atoms with van der Waals surface area (Å²) >= 11 is 0. The van der Waals surface area contributed by atoms with Crippen molar-refractivity contribution in [2.24, 2.45) is 0 Å². The van der Waals surface area contributed by atoms with E-state index in [1.807, 2.05) is 0 Å². The van der Waals surface area contributed by atoms with Gasteiger partial charge in [0.15, 0.2) is 5.52 Å². The van der Waals surface area contributed by atoms with Crippen LogP contribution in [0, 0.1) is 0 Å². The molecule has 0 N–H and O–H groups in total. The molecule has 0 aromatic carbocycles. The van der Waals surface area contributed by atoms with E-state index in [1.165, 1.54) is 38.5 Å². The van der Waals surface area contributed by atoms with Crippen molar-refractivity contribution in [2.75, 3.05) is 46.2 Å². The molecule has 0 atom stereocenters. The molecule has 0 aromatic rings. The summed E-state index contributed by atoms with van der Waals surface area (Å²) in [5.74, 6) is -0.153. The van der Waals surface area contributed by atoms with Crippen LogP contribution in [0.5, 0.6) is 0 Å². The minimum Gasteiger partial charge on any atom is -0.465 e. The van der Waals surface area contributed by atoms with Gasteiger partial charge in [-0.3, -0.25) is 14.4 Å². The number of hydrogen-bond donors (Lipinski definition) is 0. The first-order valence-electron chi connectivity index (χ1n) is 19.4. The number of ether oxygens (including phenoxy) is 2. The van der Waals surface area contributed by atoms with Gasteiger partial charge < -0.3 is 14.4 Å². The third kappa shape index (κ3) is 34.2. The van der Waals surface area contributed by atoms with Gasteiger partial charge in [-0.15, -0.1) is 0 Å². The number of carbonyl (C=O) groups excluding carboxylic acids is 3. The molecule has 6 nitrogen and oxygen atoms in total. The van der Waals surface area contributed by atoms with Gasteiger partial charge in [0.2, 0.25) is 0 Å². The molecule has 274 valence electrons. The van der Waals surface area contributed by atoms with Gasteiger partial charge in [-0.2, -0.15) is 0 Å². The van der Waals surface area contributed by atoms with Crippen LogP contribution in [0.4, 0.5) is 0 Å². The van der Waals surface area contributed by atoms with Crippen molar-refractivity contribution >= 4 is 25.4 Å². The molecule has 0 bridgehead atoms. The second-order valence-corrected chi connectivity index (χ2v) is 15.7. The average molecular weight is 680 g/mol. The zero-order valence-electron chi connectivity index (χ0n) is 31.3. The number of carbonyl (C=O) groups is 3. The smallest absolute Gasteiger partial charge is 0.305 e. The largest absolute Gasteiger partial charge is 0.465 e. The Balaban J connectivity index is 4.06. The summed E-state index contributed by atoms with van der Waals surface area (Å²) in [5.41, 5.74) is 0.499. The highest BCUT2D eigenvalue weighted by atomic mass is 31.1. The van der Waals surface area contributed by atoms with Gasteiger partial charge in [-0.05, 0) is 112 Å². The van der Waals surface area contributed by atoms with Crippen molar-refractivity contribution in [1.82, 2.24) is 4.90 Å². The van der Waals surface area contributed by atoms with E-state index in [-0.39, 0.29) is 11.9 Å². The number of allylic oxidation sites excluding steroid dienone is 2. The Morgan fingerprint density at radius 2 is 0.936 bits per heavy atom. The molecule has 0 aromatic heterocycles. The lowest BCUT2D eigenvalue weighted by Gasteiger charge is -2.17. The van der Waals surface area contributed by atoms with E-state index in [2.05, 4.69) is 57.1 Å². The fraction of sp³-hybridized carbons (Fsp3) is 0.825. The monoisotopic (exact) mass is 680 g/mol. The standard InChI is InChI=1S/C40H74NO5P/c1-5-7-9-11-13-19-25-34-45-38(42)30-23-17-15-21-27-36-47(40(44)32-29-33-41(3)4)37-28-22-16-18-24-31-39(43)46-35-26-20-14-12-10-8-6-2/h13-14,19-20H,5-12,15-18,21-37H2,1-4H3. The van der Waals surface area contributed by atoms with Gasteiger partial charge in [0.25, 0.3) is 0 Å². The average Bonchev–Trinajstić information content (AvgIpc) is 3.05. The zero-order valence-corrected chi connectivity index (χ0v) is 32.1. The quantitative estimate of drug-likeness (QED) is 0.0287. The van der Waals surface area contributed by atoms with E-state index in [4.69, 9.17) is 9.47 Å². The van der Waals surface area contributed by atoms with Gasteiger partial charge in [0.05, 0.1) is 13.2 Å². The third-order valence-corrected chi connectivity index (χ3v) is 11.0. The van der Waals surface area contributed by atoms with Crippen molar-refractivity contribution < 1.29 is 23.9 Å². The molecule has 0 spiro atoms. The van der Waals surface area contributed by atoms with Crippen LogP contribution in [0.25, 0.3) is 0 Å². The van der Waals surface area contributed by atoms with Crippen LogP contribution in [0.15, 0.2) is 24.3 Å². The van der Waals surface area contributed by atoms with Crippen LogP contribution < -0.4 is 0 Å². The summed E-state index contributed by atoms with van der Waals surface area (Å²) in [6.45, 7) is 6.36. The van der Waals surface area contributed by atoms with Gasteiger partial charge >= 0.3 is 11.9 Å². The summed E-state index contributed by atoms with van der Waals surface area (Å²) in [6, 6.07) is 0. The van der Waals surface area contributed by atoms with Crippen molar-refractivity contribution in [1.29, 1.82) is 0 Å². The number of nitrogens with zero attached hydrogens (tertiary/aromatic N) is 1. The normalized spacial score (nSPS) is 12.4. The fourth-order valence-corrected chi connectivity index (χ4v) is 7.80. The summed E-state index contributed by atoms with van der Waals surface area (Å²) in [5, 5.41) is 0. The van der Waals surface area contributed by atoms with Gasteiger partial charge in [-0.25, -0.2) is 0 Å². The van der Waals surface area contributed by atoms with Crippen LogP contribution >= 0.6 is 7.92 Å². The lowest BCUT2D eigenvalue weighted by Crippen LogP contribution is -2.14. The maximum Gasteiger partial charge on any atom is 0.305 e. The molecule has 7 heteroatoms. The highest BCUT2D eigenvalue weighted by Crippen LogP contribution is 2.40. The lowest BCUT2D eigenvalue weighted by atomic mass is 10.1. The van der Waals surface area contributed by atoms with Gasteiger partial charge in [0.1, 0.15) is 0 Å². The Morgan fingerprint density at radius 1 is 0.511 bits per heavy atom. The molecule has 0 saturated carbocycles. The summed E-state index contributed by atoms with van der Waals surface area (Å²) < 4.78 is 10.7. The van der Waals surface area contributed by atoms with E-state index in [1.54, 1.807) is 0 Å². The molecular weight excluding hydrogens is 605 g/mol. The number of unbranched alkanes of at least 4 members (excludes halogenated alkanes) is 14. The van der Waals surface area contributed by atoms with Gasteiger partial charge in [-0.1, -0.05) is 102 Å². The Labute approximate surface area is 292 Å².